The van der Waals surface area contributed by atoms with Crippen LogP contribution in [-0.2, 0) is 16.0 Å². The summed E-state index contributed by atoms with van der Waals surface area (Å²) in [5.41, 5.74) is 0.733. The summed E-state index contributed by atoms with van der Waals surface area (Å²) in [5, 5.41) is 9.68. The van der Waals surface area contributed by atoms with Crippen molar-refractivity contribution < 1.29 is 14.7 Å². The zero-order valence-corrected chi connectivity index (χ0v) is 11.8. The second-order valence-electron chi connectivity index (χ2n) is 4.28. The molecule has 0 radical (unpaired) electrons. The normalized spacial score (nSPS) is 19.2. The maximum Gasteiger partial charge on any atom is 0.327 e. The molecule has 1 fully saturated rings. The first-order valence-corrected chi connectivity index (χ1v) is 7.46. The first kappa shape index (κ1) is 14.2. The van der Waals surface area contributed by atoms with Crippen LogP contribution in [0.1, 0.15) is 5.56 Å². The maximum absolute atomic E-state index is 12.2. The van der Waals surface area contributed by atoms with Crippen molar-refractivity contribution in [2.24, 2.45) is 0 Å². The van der Waals surface area contributed by atoms with E-state index in [9.17, 15) is 9.59 Å². The molecule has 19 heavy (non-hydrogen) atoms. The van der Waals surface area contributed by atoms with Gasteiger partial charge in [-0.25, -0.2) is 4.79 Å². The molecular weight excluding hydrogens is 286 g/mol. The van der Waals surface area contributed by atoms with Crippen molar-refractivity contribution in [3.8, 4) is 0 Å². The highest BCUT2D eigenvalue weighted by Crippen LogP contribution is 2.20. The van der Waals surface area contributed by atoms with Crippen LogP contribution in [-0.4, -0.2) is 46.0 Å². The Morgan fingerprint density at radius 2 is 2.16 bits per heavy atom. The fraction of sp³-hybridized carbons (Fsp3) is 0.385. The third kappa shape index (κ3) is 3.42. The predicted octanol–water partition coefficient (Wildman–Crippen LogP) is 1.91. The summed E-state index contributed by atoms with van der Waals surface area (Å²) in [6.45, 7) is 0.477. The standard InChI is InChI=1S/C13H14ClNO3S/c14-10-4-2-1-3-9(10)7-12(16)15-5-6-19-8-11(15)13(17)18/h1-4,11H,5-8H2,(H,17,18). The fourth-order valence-corrected chi connectivity index (χ4v) is 3.25. The van der Waals surface area contributed by atoms with E-state index >= 15 is 0 Å². The lowest BCUT2D eigenvalue weighted by molar-refractivity contribution is -0.148. The second-order valence-corrected chi connectivity index (χ2v) is 5.84. The van der Waals surface area contributed by atoms with Crippen molar-refractivity contribution in [3.05, 3.63) is 34.9 Å². The highest BCUT2D eigenvalue weighted by molar-refractivity contribution is 7.99. The molecule has 1 aromatic rings. The first-order valence-electron chi connectivity index (χ1n) is 5.93. The van der Waals surface area contributed by atoms with E-state index in [1.165, 1.54) is 4.90 Å². The fourth-order valence-electron chi connectivity index (χ4n) is 2.01. The summed E-state index contributed by atoms with van der Waals surface area (Å²) in [4.78, 5) is 24.8. The van der Waals surface area contributed by atoms with E-state index in [1.54, 1.807) is 30.0 Å². The van der Waals surface area contributed by atoms with Crippen LogP contribution in [0.25, 0.3) is 0 Å². The van der Waals surface area contributed by atoms with Crippen LogP contribution in [0.2, 0.25) is 5.02 Å². The van der Waals surface area contributed by atoms with Gasteiger partial charge in [-0.15, -0.1) is 0 Å². The number of carboxylic acids is 1. The van der Waals surface area contributed by atoms with Gasteiger partial charge in [-0.2, -0.15) is 11.8 Å². The highest BCUT2D eigenvalue weighted by atomic mass is 35.5. The number of hydrogen-bond donors (Lipinski definition) is 1. The number of thioether (sulfide) groups is 1. The van der Waals surface area contributed by atoms with Gasteiger partial charge in [-0.1, -0.05) is 29.8 Å². The van der Waals surface area contributed by atoms with E-state index in [2.05, 4.69) is 0 Å². The number of halogens is 1. The number of aliphatic carboxylic acids is 1. The van der Waals surface area contributed by atoms with Gasteiger partial charge < -0.3 is 10.0 Å². The van der Waals surface area contributed by atoms with Crippen LogP contribution in [0, 0.1) is 0 Å². The molecule has 0 aromatic heterocycles. The van der Waals surface area contributed by atoms with Crippen molar-refractivity contribution in [2.75, 3.05) is 18.1 Å². The molecule has 2 rings (SSSR count). The first-order chi connectivity index (χ1) is 9.09. The maximum atomic E-state index is 12.2. The Morgan fingerprint density at radius 3 is 2.84 bits per heavy atom. The quantitative estimate of drug-likeness (QED) is 0.926. The van der Waals surface area contributed by atoms with Crippen LogP contribution < -0.4 is 0 Å². The third-order valence-corrected chi connectivity index (χ3v) is 4.42. The number of amides is 1. The van der Waals surface area contributed by atoms with Gasteiger partial charge in [0.25, 0.3) is 0 Å². The summed E-state index contributed by atoms with van der Waals surface area (Å²) < 4.78 is 0. The summed E-state index contributed by atoms with van der Waals surface area (Å²) >= 11 is 7.58. The smallest absolute Gasteiger partial charge is 0.327 e. The van der Waals surface area contributed by atoms with Gasteiger partial charge in [0.2, 0.25) is 5.91 Å². The number of carbonyl (C=O) groups excluding carboxylic acids is 1. The Bertz CT molecular complexity index is 495. The van der Waals surface area contributed by atoms with Crippen LogP contribution in [0.5, 0.6) is 0 Å². The number of nitrogens with zero attached hydrogens (tertiary/aromatic N) is 1. The van der Waals surface area contributed by atoms with Gasteiger partial charge in [0.1, 0.15) is 6.04 Å². The molecule has 1 aliphatic rings. The Kier molecular flexibility index (Phi) is 4.71. The molecule has 1 unspecified atom stereocenters. The van der Waals surface area contributed by atoms with Crippen molar-refractivity contribution in [2.45, 2.75) is 12.5 Å². The van der Waals surface area contributed by atoms with E-state index in [1.807, 2.05) is 6.07 Å². The Labute approximate surface area is 120 Å². The Balaban J connectivity index is 2.10. The van der Waals surface area contributed by atoms with Gasteiger partial charge in [0.15, 0.2) is 0 Å². The monoisotopic (exact) mass is 299 g/mol. The minimum absolute atomic E-state index is 0.147. The van der Waals surface area contributed by atoms with Crippen LogP contribution in [0.4, 0.5) is 0 Å². The molecule has 1 saturated heterocycles. The zero-order chi connectivity index (χ0) is 13.8. The van der Waals surface area contributed by atoms with Gasteiger partial charge in [0.05, 0.1) is 6.42 Å². The van der Waals surface area contributed by atoms with E-state index in [0.29, 0.717) is 17.3 Å². The number of carboxylic acid groups (broad SMARTS) is 1. The lowest BCUT2D eigenvalue weighted by Crippen LogP contribution is -2.50. The van der Waals surface area contributed by atoms with E-state index < -0.39 is 12.0 Å². The molecule has 102 valence electrons. The van der Waals surface area contributed by atoms with E-state index in [4.69, 9.17) is 16.7 Å². The average molecular weight is 300 g/mol. The molecule has 6 heteroatoms. The lowest BCUT2D eigenvalue weighted by Gasteiger charge is -2.32. The Morgan fingerprint density at radius 1 is 1.42 bits per heavy atom. The summed E-state index contributed by atoms with van der Waals surface area (Å²) in [6, 6.07) is 6.40. The third-order valence-electron chi connectivity index (χ3n) is 3.03. The molecule has 4 nitrogen and oxygen atoms in total. The van der Waals surface area contributed by atoms with Gasteiger partial charge in [-0.3, -0.25) is 4.79 Å². The van der Waals surface area contributed by atoms with E-state index in [0.717, 1.165) is 11.3 Å². The minimum atomic E-state index is -0.945. The second kappa shape index (κ2) is 6.30. The topological polar surface area (TPSA) is 57.6 Å². The predicted molar refractivity (Wildman–Crippen MR) is 75.6 cm³/mol. The molecule has 1 aromatic carbocycles. The molecular formula is C13H14ClNO3S. The molecule has 1 N–H and O–H groups in total. The molecule has 1 atom stereocenters. The van der Waals surface area contributed by atoms with Crippen molar-refractivity contribution in [3.63, 3.8) is 0 Å². The molecule has 0 bridgehead atoms. The van der Waals surface area contributed by atoms with Crippen molar-refractivity contribution in [1.82, 2.24) is 4.90 Å². The van der Waals surface area contributed by atoms with Gasteiger partial charge in [-0.05, 0) is 11.6 Å². The Hall–Kier alpha value is -1.20. The van der Waals surface area contributed by atoms with Crippen LogP contribution in [0.15, 0.2) is 24.3 Å². The number of benzene rings is 1. The summed E-state index contributed by atoms with van der Waals surface area (Å²) in [6.07, 6.45) is 0.147. The van der Waals surface area contributed by atoms with Gasteiger partial charge >= 0.3 is 5.97 Å². The molecule has 1 heterocycles. The molecule has 0 saturated carbocycles. The van der Waals surface area contributed by atoms with Crippen molar-refractivity contribution >= 4 is 35.2 Å². The number of rotatable bonds is 3. The highest BCUT2D eigenvalue weighted by Gasteiger charge is 2.32. The van der Waals surface area contributed by atoms with Gasteiger partial charge in [0, 0.05) is 23.1 Å². The largest absolute Gasteiger partial charge is 0.480 e. The molecule has 1 amide bonds. The van der Waals surface area contributed by atoms with Crippen LogP contribution >= 0.6 is 23.4 Å². The summed E-state index contributed by atoms with van der Waals surface area (Å²) in [5.74, 6) is 0.0993. The lowest BCUT2D eigenvalue weighted by atomic mass is 10.1. The molecule has 1 aliphatic heterocycles. The summed E-state index contributed by atoms with van der Waals surface area (Å²) in [7, 11) is 0. The molecule has 0 aliphatic carbocycles. The van der Waals surface area contributed by atoms with Crippen molar-refractivity contribution in [1.29, 1.82) is 0 Å². The number of carbonyl (C=O) groups is 2. The van der Waals surface area contributed by atoms with Crippen LogP contribution in [0.3, 0.4) is 0 Å². The molecule has 0 spiro atoms. The van der Waals surface area contributed by atoms with E-state index in [-0.39, 0.29) is 12.3 Å². The zero-order valence-electron chi connectivity index (χ0n) is 10.2. The minimum Gasteiger partial charge on any atom is -0.480 e. The number of hydrogen-bond acceptors (Lipinski definition) is 3. The SMILES string of the molecule is O=C(O)C1CSCCN1C(=O)Cc1ccccc1Cl. The average Bonchev–Trinajstić information content (AvgIpc) is 2.41.